The van der Waals surface area contributed by atoms with E-state index in [1.54, 1.807) is 35.3 Å². The van der Waals surface area contributed by atoms with E-state index in [0.717, 1.165) is 5.69 Å². The number of hydrogen-bond acceptors (Lipinski definition) is 5. The predicted molar refractivity (Wildman–Crippen MR) is 64.1 cm³/mol. The number of nitrogens with one attached hydrogen (secondary N) is 1. The van der Waals surface area contributed by atoms with E-state index in [1.165, 1.54) is 0 Å². The maximum Gasteiger partial charge on any atom is 0.0992 e. The zero-order valence-electron chi connectivity index (χ0n) is 9.17. The Morgan fingerprint density at radius 1 is 1.47 bits per heavy atom. The van der Waals surface area contributed by atoms with Gasteiger partial charge in [-0.3, -0.25) is 4.68 Å². The SMILES string of the molecule is N#Cc1ccc(NCCn2ccnn2)c(N)c1. The van der Waals surface area contributed by atoms with Crippen LogP contribution in [0.5, 0.6) is 0 Å². The van der Waals surface area contributed by atoms with E-state index in [9.17, 15) is 0 Å². The molecular formula is C11H12N6. The molecule has 0 fully saturated rings. The molecule has 86 valence electrons. The van der Waals surface area contributed by atoms with Gasteiger partial charge in [-0.15, -0.1) is 5.10 Å². The molecule has 0 unspecified atom stereocenters. The highest BCUT2D eigenvalue weighted by molar-refractivity contribution is 5.68. The van der Waals surface area contributed by atoms with E-state index in [4.69, 9.17) is 11.0 Å². The molecule has 0 spiro atoms. The second kappa shape index (κ2) is 4.99. The molecule has 0 radical (unpaired) electrons. The minimum Gasteiger partial charge on any atom is -0.397 e. The quantitative estimate of drug-likeness (QED) is 0.756. The van der Waals surface area contributed by atoms with Gasteiger partial charge in [-0.2, -0.15) is 5.26 Å². The number of nitrogens with two attached hydrogens (primary N) is 1. The van der Waals surface area contributed by atoms with E-state index in [0.29, 0.717) is 24.3 Å². The molecule has 17 heavy (non-hydrogen) atoms. The summed E-state index contributed by atoms with van der Waals surface area (Å²) in [6.07, 6.45) is 3.43. The first kappa shape index (κ1) is 11.0. The summed E-state index contributed by atoms with van der Waals surface area (Å²) in [5.41, 5.74) is 7.76. The largest absolute Gasteiger partial charge is 0.397 e. The lowest BCUT2D eigenvalue weighted by atomic mass is 10.2. The number of hydrogen-bond donors (Lipinski definition) is 2. The minimum absolute atomic E-state index is 0.560. The van der Waals surface area contributed by atoms with Gasteiger partial charge in [-0.05, 0) is 18.2 Å². The topological polar surface area (TPSA) is 92.5 Å². The van der Waals surface area contributed by atoms with Crippen LogP contribution < -0.4 is 11.1 Å². The second-order valence-electron chi connectivity index (χ2n) is 3.51. The third-order valence-corrected chi connectivity index (χ3v) is 2.31. The number of anilines is 2. The number of benzene rings is 1. The van der Waals surface area contributed by atoms with E-state index < -0.39 is 0 Å². The summed E-state index contributed by atoms with van der Waals surface area (Å²) < 4.78 is 1.73. The van der Waals surface area contributed by atoms with Crippen LogP contribution in [0.25, 0.3) is 0 Å². The predicted octanol–water partition coefficient (Wildman–Crippen LogP) is 0.844. The number of rotatable bonds is 4. The summed E-state index contributed by atoms with van der Waals surface area (Å²) >= 11 is 0. The van der Waals surface area contributed by atoms with Gasteiger partial charge in [0.1, 0.15) is 0 Å². The Hall–Kier alpha value is -2.55. The van der Waals surface area contributed by atoms with Crippen molar-refractivity contribution in [2.45, 2.75) is 6.54 Å². The van der Waals surface area contributed by atoms with Gasteiger partial charge in [-0.1, -0.05) is 5.21 Å². The molecule has 1 aromatic carbocycles. The van der Waals surface area contributed by atoms with Crippen molar-refractivity contribution in [3.63, 3.8) is 0 Å². The second-order valence-corrected chi connectivity index (χ2v) is 3.51. The molecule has 0 aliphatic rings. The molecule has 6 heteroatoms. The van der Waals surface area contributed by atoms with Gasteiger partial charge in [0.2, 0.25) is 0 Å². The third kappa shape index (κ3) is 2.72. The number of aromatic nitrogens is 3. The van der Waals surface area contributed by atoms with Crippen LogP contribution in [0.1, 0.15) is 5.56 Å². The Bertz CT molecular complexity index is 525. The van der Waals surface area contributed by atoms with Gasteiger partial charge in [-0.25, -0.2) is 0 Å². The van der Waals surface area contributed by atoms with Crippen molar-refractivity contribution in [3.8, 4) is 6.07 Å². The zero-order chi connectivity index (χ0) is 12.1. The Morgan fingerprint density at radius 2 is 2.35 bits per heavy atom. The van der Waals surface area contributed by atoms with Crippen LogP contribution in [0, 0.1) is 11.3 Å². The molecule has 0 aliphatic carbocycles. The first-order valence-corrected chi connectivity index (χ1v) is 5.17. The molecule has 6 nitrogen and oxygen atoms in total. The van der Waals surface area contributed by atoms with Crippen LogP contribution in [0.2, 0.25) is 0 Å². The van der Waals surface area contributed by atoms with Gasteiger partial charge < -0.3 is 11.1 Å². The standard InChI is InChI=1S/C11H12N6/c12-8-9-1-2-11(10(13)7-9)14-3-5-17-6-4-15-16-17/h1-2,4,6-7,14H,3,5,13H2. The minimum atomic E-state index is 0.560. The highest BCUT2D eigenvalue weighted by atomic mass is 15.4. The zero-order valence-corrected chi connectivity index (χ0v) is 9.17. The fourth-order valence-corrected chi connectivity index (χ4v) is 1.45. The van der Waals surface area contributed by atoms with Crippen molar-refractivity contribution >= 4 is 11.4 Å². The number of nitriles is 1. The van der Waals surface area contributed by atoms with Crippen LogP contribution in [-0.4, -0.2) is 21.5 Å². The van der Waals surface area contributed by atoms with Gasteiger partial charge in [0.25, 0.3) is 0 Å². The maximum atomic E-state index is 8.71. The summed E-state index contributed by atoms with van der Waals surface area (Å²) in [5.74, 6) is 0. The highest BCUT2D eigenvalue weighted by Gasteiger charge is 2.00. The summed E-state index contributed by atoms with van der Waals surface area (Å²) in [4.78, 5) is 0. The lowest BCUT2D eigenvalue weighted by Crippen LogP contribution is -2.12. The van der Waals surface area contributed by atoms with Gasteiger partial charge >= 0.3 is 0 Å². The fourth-order valence-electron chi connectivity index (χ4n) is 1.45. The lowest BCUT2D eigenvalue weighted by molar-refractivity contribution is 0.609. The van der Waals surface area contributed by atoms with Crippen LogP contribution in [0.4, 0.5) is 11.4 Å². The molecule has 1 heterocycles. The molecule has 0 amide bonds. The summed E-state index contributed by atoms with van der Waals surface area (Å²) in [6.45, 7) is 1.40. The Labute approximate surface area is 98.7 Å². The molecule has 0 saturated heterocycles. The Balaban J connectivity index is 1.93. The van der Waals surface area contributed by atoms with Crippen molar-refractivity contribution in [1.82, 2.24) is 15.0 Å². The van der Waals surface area contributed by atoms with Crippen LogP contribution in [0.3, 0.4) is 0 Å². The molecule has 0 bridgehead atoms. The Kier molecular flexibility index (Phi) is 3.21. The van der Waals surface area contributed by atoms with Crippen molar-refractivity contribution in [2.75, 3.05) is 17.6 Å². The lowest BCUT2D eigenvalue weighted by Gasteiger charge is -2.09. The summed E-state index contributed by atoms with van der Waals surface area (Å²) in [7, 11) is 0. The molecule has 0 aliphatic heterocycles. The summed E-state index contributed by atoms with van der Waals surface area (Å²) in [5, 5.41) is 19.5. The first-order chi connectivity index (χ1) is 8.29. The monoisotopic (exact) mass is 228 g/mol. The van der Waals surface area contributed by atoms with Crippen molar-refractivity contribution in [1.29, 1.82) is 5.26 Å². The fraction of sp³-hybridized carbons (Fsp3) is 0.182. The smallest absolute Gasteiger partial charge is 0.0992 e. The van der Waals surface area contributed by atoms with Gasteiger partial charge in [0.15, 0.2) is 0 Å². The number of nitrogens with zero attached hydrogens (tertiary/aromatic N) is 4. The van der Waals surface area contributed by atoms with E-state index in [1.807, 2.05) is 6.07 Å². The molecule has 0 saturated carbocycles. The van der Waals surface area contributed by atoms with Crippen molar-refractivity contribution < 1.29 is 0 Å². The molecule has 2 aromatic rings. The molecule has 1 aromatic heterocycles. The summed E-state index contributed by atoms with van der Waals surface area (Å²) in [6, 6.07) is 7.23. The molecular weight excluding hydrogens is 216 g/mol. The molecule has 3 N–H and O–H groups in total. The van der Waals surface area contributed by atoms with Crippen molar-refractivity contribution in [2.24, 2.45) is 0 Å². The van der Waals surface area contributed by atoms with Crippen LogP contribution in [0.15, 0.2) is 30.6 Å². The van der Waals surface area contributed by atoms with E-state index >= 15 is 0 Å². The van der Waals surface area contributed by atoms with Gasteiger partial charge in [0, 0.05) is 12.7 Å². The van der Waals surface area contributed by atoms with E-state index in [-0.39, 0.29) is 0 Å². The van der Waals surface area contributed by atoms with Crippen LogP contribution in [-0.2, 0) is 6.54 Å². The molecule has 2 rings (SSSR count). The van der Waals surface area contributed by atoms with Crippen molar-refractivity contribution in [3.05, 3.63) is 36.2 Å². The third-order valence-electron chi connectivity index (χ3n) is 2.31. The normalized spacial score (nSPS) is 9.82. The van der Waals surface area contributed by atoms with E-state index in [2.05, 4.69) is 15.6 Å². The number of nitrogen functional groups attached to an aromatic ring is 1. The highest BCUT2D eigenvalue weighted by Crippen LogP contribution is 2.18. The average molecular weight is 228 g/mol. The molecule has 0 atom stereocenters. The first-order valence-electron chi connectivity index (χ1n) is 5.17. The average Bonchev–Trinajstić information content (AvgIpc) is 2.84. The maximum absolute atomic E-state index is 8.71. The van der Waals surface area contributed by atoms with Crippen LogP contribution >= 0.6 is 0 Å². The Morgan fingerprint density at radius 3 is 3.00 bits per heavy atom. The van der Waals surface area contributed by atoms with Gasteiger partial charge in [0.05, 0.1) is 35.7 Å².